The molecule has 1 amide bonds. The molecular formula is C27H18N4O2S2. The lowest BCUT2D eigenvalue weighted by Gasteiger charge is -2.09. The van der Waals surface area contributed by atoms with Crippen molar-refractivity contribution in [2.45, 2.75) is 10.9 Å². The highest BCUT2D eigenvalue weighted by Crippen LogP contribution is 2.36. The van der Waals surface area contributed by atoms with Crippen molar-refractivity contribution in [1.82, 2.24) is 15.0 Å². The largest absolute Gasteiger partial charge is 0.451 e. The van der Waals surface area contributed by atoms with Gasteiger partial charge in [0.1, 0.15) is 10.6 Å². The number of thioether (sulfide) groups is 1. The third kappa shape index (κ3) is 4.29. The van der Waals surface area contributed by atoms with Crippen molar-refractivity contribution in [3.05, 3.63) is 103 Å². The summed E-state index contributed by atoms with van der Waals surface area (Å²) in [5.74, 6) is 0.483. The van der Waals surface area contributed by atoms with Crippen molar-refractivity contribution in [3.63, 3.8) is 0 Å². The van der Waals surface area contributed by atoms with Gasteiger partial charge in [-0.3, -0.25) is 4.79 Å². The summed E-state index contributed by atoms with van der Waals surface area (Å²) in [6, 6.07) is 25.2. The standard InChI is InChI=1S/C27H18N4O2S2/c32-25(30-20-10-3-1-9-18(20)26-31-21-11-4-6-13-23(21)35-26)24-19(16-34-27-28-14-7-15-29-27)17-8-2-5-12-22(17)33-24/h1-15H,16H2,(H,30,32). The molecule has 0 fully saturated rings. The van der Waals surface area contributed by atoms with Crippen molar-refractivity contribution >= 4 is 55.9 Å². The Hall–Kier alpha value is -4.01. The van der Waals surface area contributed by atoms with Crippen molar-refractivity contribution in [3.8, 4) is 10.6 Å². The maximum Gasteiger partial charge on any atom is 0.291 e. The van der Waals surface area contributed by atoms with Crippen LogP contribution in [0.1, 0.15) is 16.1 Å². The molecule has 6 nitrogen and oxygen atoms in total. The first-order valence-electron chi connectivity index (χ1n) is 10.9. The van der Waals surface area contributed by atoms with Gasteiger partial charge in [-0.05, 0) is 36.4 Å². The van der Waals surface area contributed by atoms with Crippen LogP contribution in [0.2, 0.25) is 0 Å². The highest BCUT2D eigenvalue weighted by molar-refractivity contribution is 7.98. The van der Waals surface area contributed by atoms with Crippen LogP contribution in [0.5, 0.6) is 0 Å². The van der Waals surface area contributed by atoms with E-state index in [0.29, 0.717) is 22.2 Å². The fraction of sp³-hybridized carbons (Fsp3) is 0.0370. The second kappa shape index (κ2) is 9.32. The average Bonchev–Trinajstić information content (AvgIpc) is 3.50. The van der Waals surface area contributed by atoms with Gasteiger partial charge in [0.05, 0.1) is 15.9 Å². The quantitative estimate of drug-likeness (QED) is 0.197. The van der Waals surface area contributed by atoms with Crippen molar-refractivity contribution < 1.29 is 9.21 Å². The molecule has 3 heterocycles. The predicted octanol–water partition coefficient (Wildman–Crippen LogP) is 7.04. The number of hydrogen-bond acceptors (Lipinski definition) is 7. The molecule has 0 aliphatic carbocycles. The van der Waals surface area contributed by atoms with Crippen LogP contribution in [0.4, 0.5) is 5.69 Å². The monoisotopic (exact) mass is 494 g/mol. The summed E-state index contributed by atoms with van der Waals surface area (Å²) < 4.78 is 7.14. The van der Waals surface area contributed by atoms with E-state index in [1.165, 1.54) is 11.8 Å². The molecule has 0 radical (unpaired) electrons. The molecule has 6 aromatic rings. The van der Waals surface area contributed by atoms with Crippen LogP contribution in [0.15, 0.2) is 101 Å². The van der Waals surface area contributed by atoms with Crippen LogP contribution >= 0.6 is 23.1 Å². The molecule has 0 saturated heterocycles. The second-order valence-corrected chi connectivity index (χ2v) is 9.69. The molecular weight excluding hydrogens is 476 g/mol. The predicted molar refractivity (Wildman–Crippen MR) is 141 cm³/mol. The number of nitrogens with one attached hydrogen (secondary N) is 1. The molecule has 0 bridgehead atoms. The number of carbonyl (C=O) groups is 1. The number of aromatic nitrogens is 3. The number of anilines is 1. The zero-order valence-corrected chi connectivity index (χ0v) is 20.0. The van der Waals surface area contributed by atoms with Gasteiger partial charge in [0, 0.05) is 34.7 Å². The van der Waals surface area contributed by atoms with Gasteiger partial charge < -0.3 is 9.73 Å². The molecule has 3 aromatic carbocycles. The molecule has 0 saturated carbocycles. The Bertz CT molecular complexity index is 1630. The van der Waals surface area contributed by atoms with Gasteiger partial charge >= 0.3 is 0 Å². The minimum atomic E-state index is -0.306. The second-order valence-electron chi connectivity index (χ2n) is 7.71. The summed E-state index contributed by atoms with van der Waals surface area (Å²) in [5.41, 5.74) is 3.97. The molecule has 170 valence electrons. The van der Waals surface area contributed by atoms with Crippen molar-refractivity contribution in [2.24, 2.45) is 0 Å². The van der Waals surface area contributed by atoms with Gasteiger partial charge in [0.15, 0.2) is 10.9 Å². The number of carbonyl (C=O) groups excluding carboxylic acids is 1. The molecule has 0 aliphatic heterocycles. The average molecular weight is 495 g/mol. The Balaban J connectivity index is 1.34. The van der Waals surface area contributed by atoms with Crippen LogP contribution in [-0.2, 0) is 5.75 Å². The van der Waals surface area contributed by atoms with Gasteiger partial charge in [-0.1, -0.05) is 54.2 Å². The van der Waals surface area contributed by atoms with E-state index in [-0.39, 0.29) is 11.7 Å². The van der Waals surface area contributed by atoms with E-state index < -0.39 is 0 Å². The van der Waals surface area contributed by atoms with Gasteiger partial charge in [-0.2, -0.15) is 0 Å². The number of amides is 1. The molecule has 6 rings (SSSR count). The minimum Gasteiger partial charge on any atom is -0.451 e. The van der Waals surface area contributed by atoms with E-state index in [0.717, 1.165) is 31.7 Å². The Kier molecular flexibility index (Phi) is 5.73. The number of para-hydroxylation sites is 3. The lowest BCUT2D eigenvalue weighted by atomic mass is 10.1. The minimum absolute atomic E-state index is 0.286. The normalized spacial score (nSPS) is 11.2. The lowest BCUT2D eigenvalue weighted by Crippen LogP contribution is -2.13. The highest BCUT2D eigenvalue weighted by Gasteiger charge is 2.22. The Morgan fingerprint density at radius 2 is 1.69 bits per heavy atom. The summed E-state index contributed by atoms with van der Waals surface area (Å²) in [4.78, 5) is 26.8. The summed E-state index contributed by atoms with van der Waals surface area (Å²) >= 11 is 3.06. The number of fused-ring (bicyclic) bond motifs is 2. The number of rotatable bonds is 6. The number of nitrogens with zero attached hydrogens (tertiary/aromatic N) is 3. The summed E-state index contributed by atoms with van der Waals surface area (Å²) in [6.07, 6.45) is 3.41. The molecule has 35 heavy (non-hydrogen) atoms. The van der Waals surface area contributed by atoms with Crippen LogP contribution in [0.25, 0.3) is 31.8 Å². The summed E-state index contributed by atoms with van der Waals surface area (Å²) in [6.45, 7) is 0. The van der Waals surface area contributed by atoms with E-state index >= 15 is 0 Å². The van der Waals surface area contributed by atoms with Crippen LogP contribution in [0, 0.1) is 0 Å². The van der Waals surface area contributed by atoms with Crippen molar-refractivity contribution in [1.29, 1.82) is 0 Å². The number of thiazole rings is 1. The van der Waals surface area contributed by atoms with Crippen LogP contribution in [0.3, 0.4) is 0 Å². The van der Waals surface area contributed by atoms with E-state index in [1.54, 1.807) is 29.8 Å². The number of hydrogen-bond donors (Lipinski definition) is 1. The fourth-order valence-electron chi connectivity index (χ4n) is 3.87. The number of furan rings is 1. The lowest BCUT2D eigenvalue weighted by molar-refractivity contribution is 0.0998. The van der Waals surface area contributed by atoms with Crippen molar-refractivity contribution in [2.75, 3.05) is 5.32 Å². The smallest absolute Gasteiger partial charge is 0.291 e. The zero-order chi connectivity index (χ0) is 23.6. The van der Waals surface area contributed by atoms with E-state index in [2.05, 4.69) is 15.3 Å². The molecule has 1 N–H and O–H groups in total. The summed E-state index contributed by atoms with van der Waals surface area (Å²) in [5, 5.41) is 5.46. The fourth-order valence-corrected chi connectivity index (χ4v) is 5.70. The van der Waals surface area contributed by atoms with Crippen LogP contribution in [-0.4, -0.2) is 20.9 Å². The first-order valence-corrected chi connectivity index (χ1v) is 12.7. The molecule has 3 aromatic heterocycles. The molecule has 0 atom stereocenters. The van der Waals surface area contributed by atoms with Gasteiger partial charge in [-0.15, -0.1) is 11.3 Å². The molecule has 0 aliphatic rings. The third-order valence-corrected chi connectivity index (χ3v) is 7.46. The van der Waals surface area contributed by atoms with Gasteiger partial charge in [0.2, 0.25) is 0 Å². The SMILES string of the molecule is O=C(Nc1ccccc1-c1nc2ccccc2s1)c1oc2ccccc2c1CSc1ncccn1. The van der Waals surface area contributed by atoms with Gasteiger partial charge in [0.25, 0.3) is 5.91 Å². The Labute approximate surface area is 209 Å². The maximum atomic E-state index is 13.5. The highest BCUT2D eigenvalue weighted by atomic mass is 32.2. The summed E-state index contributed by atoms with van der Waals surface area (Å²) in [7, 11) is 0. The van der Waals surface area contributed by atoms with E-state index in [1.807, 2.05) is 72.8 Å². The maximum absolute atomic E-state index is 13.5. The topological polar surface area (TPSA) is 80.9 Å². The number of benzene rings is 3. The molecule has 8 heteroatoms. The molecule has 0 unspecified atom stereocenters. The first kappa shape index (κ1) is 21.5. The third-order valence-electron chi connectivity index (χ3n) is 5.49. The van der Waals surface area contributed by atoms with E-state index in [9.17, 15) is 4.79 Å². The zero-order valence-electron chi connectivity index (χ0n) is 18.3. The van der Waals surface area contributed by atoms with E-state index in [4.69, 9.17) is 9.40 Å². The Morgan fingerprint density at radius 1 is 0.914 bits per heavy atom. The van der Waals surface area contributed by atoms with Gasteiger partial charge in [-0.25, -0.2) is 15.0 Å². The Morgan fingerprint density at radius 3 is 2.57 bits per heavy atom. The molecule has 0 spiro atoms. The first-order chi connectivity index (χ1) is 17.3. The van der Waals surface area contributed by atoms with Crippen LogP contribution < -0.4 is 5.32 Å².